The topological polar surface area (TPSA) is 42.2 Å². The van der Waals surface area contributed by atoms with Gasteiger partial charge in [0.05, 0.1) is 30.3 Å². The molecular weight excluding hydrogens is 154 g/mol. The van der Waals surface area contributed by atoms with Gasteiger partial charge in [0.15, 0.2) is 0 Å². The molecular formula is C9H13NO2. The molecule has 0 radical (unpaired) electrons. The van der Waals surface area contributed by atoms with Gasteiger partial charge in [0, 0.05) is 7.11 Å². The van der Waals surface area contributed by atoms with E-state index in [4.69, 9.17) is 14.7 Å². The van der Waals surface area contributed by atoms with Crippen molar-refractivity contribution >= 4 is 0 Å². The second kappa shape index (κ2) is 2.72. The Hall–Kier alpha value is -0.590. The summed E-state index contributed by atoms with van der Waals surface area (Å²) in [6.45, 7) is 0.605. The summed E-state index contributed by atoms with van der Waals surface area (Å²) >= 11 is 0. The molecule has 2 aliphatic heterocycles. The lowest BCUT2D eigenvalue weighted by molar-refractivity contribution is -0.167. The molecule has 3 atom stereocenters. The van der Waals surface area contributed by atoms with E-state index < -0.39 is 0 Å². The number of hydrogen-bond donors (Lipinski definition) is 0. The van der Waals surface area contributed by atoms with Crippen LogP contribution in [0.3, 0.4) is 0 Å². The Labute approximate surface area is 72.3 Å². The zero-order chi connectivity index (χ0) is 8.60. The van der Waals surface area contributed by atoms with Crippen molar-refractivity contribution in [2.45, 2.75) is 31.5 Å². The number of fused-ring (bicyclic) bond motifs is 3. The highest BCUT2D eigenvalue weighted by Gasteiger charge is 2.47. The maximum absolute atomic E-state index is 8.99. The predicted molar refractivity (Wildman–Crippen MR) is 42.4 cm³/mol. The first-order chi connectivity index (χ1) is 5.79. The van der Waals surface area contributed by atoms with Crippen molar-refractivity contribution in [2.24, 2.45) is 5.41 Å². The van der Waals surface area contributed by atoms with E-state index in [1.165, 1.54) is 0 Å². The minimum Gasteiger partial charge on any atom is -0.379 e. The van der Waals surface area contributed by atoms with Gasteiger partial charge in [-0.3, -0.25) is 0 Å². The number of hydrogen-bond acceptors (Lipinski definition) is 3. The summed E-state index contributed by atoms with van der Waals surface area (Å²) in [7, 11) is 1.69. The summed E-state index contributed by atoms with van der Waals surface area (Å²) in [6, 6.07) is 2.36. The van der Waals surface area contributed by atoms with Crippen molar-refractivity contribution in [1.29, 1.82) is 5.26 Å². The molecule has 2 saturated heterocycles. The Morgan fingerprint density at radius 2 is 2.50 bits per heavy atom. The third-order valence-electron chi connectivity index (χ3n) is 3.03. The number of ether oxygens (including phenoxy) is 2. The lowest BCUT2D eigenvalue weighted by Gasteiger charge is -2.45. The first kappa shape index (κ1) is 8.03. The van der Waals surface area contributed by atoms with Crippen LogP contribution in [0.5, 0.6) is 0 Å². The van der Waals surface area contributed by atoms with Crippen molar-refractivity contribution < 1.29 is 9.47 Å². The largest absolute Gasteiger partial charge is 0.379 e. The van der Waals surface area contributed by atoms with Gasteiger partial charge >= 0.3 is 0 Å². The Morgan fingerprint density at radius 3 is 3.00 bits per heavy atom. The van der Waals surface area contributed by atoms with E-state index in [2.05, 4.69) is 6.07 Å². The molecule has 12 heavy (non-hydrogen) atoms. The standard InChI is InChI=1S/C9H13NO2/c1-11-8-4-9(5-10)3-2-7(8)12-6-9/h7-8H,2-4,6H2,1H3. The first-order valence-corrected chi connectivity index (χ1v) is 4.35. The van der Waals surface area contributed by atoms with E-state index in [0.717, 1.165) is 19.3 Å². The van der Waals surface area contributed by atoms with Crippen LogP contribution in [-0.4, -0.2) is 25.9 Å². The number of rotatable bonds is 1. The fourth-order valence-electron chi connectivity index (χ4n) is 2.18. The number of nitrogens with zero attached hydrogens (tertiary/aromatic N) is 1. The molecule has 1 aliphatic carbocycles. The maximum Gasteiger partial charge on any atom is 0.0849 e. The zero-order valence-corrected chi connectivity index (χ0v) is 7.25. The molecule has 3 fully saturated rings. The second-order valence-corrected chi connectivity index (χ2v) is 3.76. The molecule has 3 heteroatoms. The highest BCUT2D eigenvalue weighted by Crippen LogP contribution is 2.43. The summed E-state index contributed by atoms with van der Waals surface area (Å²) in [5.41, 5.74) is -0.241. The minimum absolute atomic E-state index is 0.146. The molecule has 3 unspecified atom stereocenters. The van der Waals surface area contributed by atoms with Gasteiger partial charge in [-0.05, 0) is 19.3 Å². The van der Waals surface area contributed by atoms with Gasteiger partial charge in [-0.25, -0.2) is 0 Å². The fraction of sp³-hybridized carbons (Fsp3) is 0.889. The molecule has 0 aromatic carbocycles. The third-order valence-corrected chi connectivity index (χ3v) is 3.03. The first-order valence-electron chi connectivity index (χ1n) is 4.35. The molecule has 66 valence electrons. The van der Waals surface area contributed by atoms with Gasteiger partial charge < -0.3 is 9.47 Å². The van der Waals surface area contributed by atoms with E-state index in [1.807, 2.05) is 0 Å². The zero-order valence-electron chi connectivity index (χ0n) is 7.25. The molecule has 2 bridgehead atoms. The van der Waals surface area contributed by atoms with Crippen molar-refractivity contribution in [1.82, 2.24) is 0 Å². The van der Waals surface area contributed by atoms with Crippen LogP contribution < -0.4 is 0 Å². The van der Waals surface area contributed by atoms with Crippen molar-refractivity contribution in [3.8, 4) is 6.07 Å². The van der Waals surface area contributed by atoms with Crippen LogP contribution in [0.25, 0.3) is 0 Å². The Kier molecular flexibility index (Phi) is 1.82. The normalized spacial score (nSPS) is 45.7. The van der Waals surface area contributed by atoms with Gasteiger partial charge in [-0.15, -0.1) is 0 Å². The highest BCUT2D eigenvalue weighted by molar-refractivity contribution is 5.07. The van der Waals surface area contributed by atoms with Crippen LogP contribution in [0, 0.1) is 16.7 Å². The maximum atomic E-state index is 8.99. The van der Waals surface area contributed by atoms with E-state index in [9.17, 15) is 0 Å². The van der Waals surface area contributed by atoms with Crippen molar-refractivity contribution in [2.75, 3.05) is 13.7 Å². The molecule has 0 N–H and O–H groups in total. The van der Waals surface area contributed by atoms with Gasteiger partial charge in [-0.1, -0.05) is 0 Å². The van der Waals surface area contributed by atoms with E-state index >= 15 is 0 Å². The summed E-state index contributed by atoms with van der Waals surface area (Å²) in [4.78, 5) is 0. The average molecular weight is 167 g/mol. The van der Waals surface area contributed by atoms with E-state index in [0.29, 0.717) is 6.61 Å². The summed E-state index contributed by atoms with van der Waals surface area (Å²) < 4.78 is 10.8. The Bertz CT molecular complexity index is 213. The highest BCUT2D eigenvalue weighted by atomic mass is 16.5. The number of methoxy groups -OCH3 is 1. The average Bonchev–Trinajstić information content (AvgIpc) is 2.19. The van der Waals surface area contributed by atoms with E-state index in [-0.39, 0.29) is 17.6 Å². The minimum atomic E-state index is -0.241. The Balaban J connectivity index is 2.16. The second-order valence-electron chi connectivity index (χ2n) is 3.76. The van der Waals surface area contributed by atoms with E-state index in [1.54, 1.807) is 7.11 Å². The molecule has 0 aromatic rings. The lowest BCUT2D eigenvalue weighted by Crippen LogP contribution is -2.50. The van der Waals surface area contributed by atoms with Crippen LogP contribution in [0.1, 0.15) is 19.3 Å². The fourth-order valence-corrected chi connectivity index (χ4v) is 2.18. The molecule has 3 nitrogen and oxygen atoms in total. The van der Waals surface area contributed by atoms with Crippen LogP contribution in [0.15, 0.2) is 0 Å². The van der Waals surface area contributed by atoms with Crippen LogP contribution in [-0.2, 0) is 9.47 Å². The van der Waals surface area contributed by atoms with Crippen molar-refractivity contribution in [3.05, 3.63) is 0 Å². The Morgan fingerprint density at radius 1 is 1.67 bits per heavy atom. The quantitative estimate of drug-likeness (QED) is 0.587. The molecule has 3 rings (SSSR count). The predicted octanol–water partition coefficient (Wildman–Crippen LogP) is 1.09. The molecule has 1 saturated carbocycles. The molecule has 0 amide bonds. The van der Waals surface area contributed by atoms with Gasteiger partial charge in [0.25, 0.3) is 0 Å². The summed E-state index contributed by atoms with van der Waals surface area (Å²) in [6.07, 6.45) is 3.20. The summed E-state index contributed by atoms with van der Waals surface area (Å²) in [5.74, 6) is 0. The molecule has 3 aliphatic rings. The van der Waals surface area contributed by atoms with Gasteiger partial charge in [-0.2, -0.15) is 5.26 Å². The van der Waals surface area contributed by atoms with Gasteiger partial charge in [0.2, 0.25) is 0 Å². The van der Waals surface area contributed by atoms with Crippen LogP contribution in [0.2, 0.25) is 0 Å². The third kappa shape index (κ3) is 1.03. The lowest BCUT2D eigenvalue weighted by atomic mass is 9.71. The smallest absolute Gasteiger partial charge is 0.0849 e. The molecule has 2 heterocycles. The van der Waals surface area contributed by atoms with Crippen molar-refractivity contribution in [3.63, 3.8) is 0 Å². The number of nitriles is 1. The van der Waals surface area contributed by atoms with Crippen LogP contribution in [0.4, 0.5) is 0 Å². The van der Waals surface area contributed by atoms with Gasteiger partial charge in [0.1, 0.15) is 0 Å². The van der Waals surface area contributed by atoms with Crippen LogP contribution >= 0.6 is 0 Å². The molecule has 0 aromatic heterocycles. The summed E-state index contributed by atoms with van der Waals surface area (Å²) in [5, 5.41) is 8.99. The SMILES string of the molecule is COC1CC2(C#N)CCC1OC2. The monoisotopic (exact) mass is 167 g/mol. The molecule has 0 spiro atoms.